The molecule has 1 unspecified atom stereocenters. The number of aliphatic hydroxyl groups excluding tert-OH is 1. The molecule has 12 heavy (non-hydrogen) atoms. The Morgan fingerprint density at radius 3 is 2.58 bits per heavy atom. The molecule has 0 aromatic heterocycles. The minimum absolute atomic E-state index is 0.330. The summed E-state index contributed by atoms with van der Waals surface area (Å²) < 4.78 is 0. The third-order valence-corrected chi connectivity index (χ3v) is 3.12. The van der Waals surface area contributed by atoms with Crippen molar-refractivity contribution in [2.45, 2.75) is 45.7 Å². The average Bonchev–Trinajstić information content (AvgIpc) is 2.49. The van der Waals surface area contributed by atoms with Crippen LogP contribution in [-0.2, 0) is 0 Å². The summed E-state index contributed by atoms with van der Waals surface area (Å²) in [5.74, 6) is 0.692. The van der Waals surface area contributed by atoms with E-state index in [0.29, 0.717) is 24.6 Å². The van der Waals surface area contributed by atoms with Crippen molar-refractivity contribution in [1.29, 1.82) is 0 Å². The maximum atomic E-state index is 9.13. The second-order valence-electron chi connectivity index (χ2n) is 4.20. The fourth-order valence-electron chi connectivity index (χ4n) is 1.97. The van der Waals surface area contributed by atoms with Crippen molar-refractivity contribution in [2.75, 3.05) is 13.2 Å². The zero-order valence-electron chi connectivity index (χ0n) is 8.45. The Morgan fingerprint density at radius 1 is 1.42 bits per heavy atom. The van der Waals surface area contributed by atoms with Gasteiger partial charge in [-0.1, -0.05) is 13.8 Å². The van der Waals surface area contributed by atoms with Crippen LogP contribution in [0.3, 0.4) is 0 Å². The minimum Gasteiger partial charge on any atom is -0.395 e. The second-order valence-corrected chi connectivity index (χ2v) is 4.20. The van der Waals surface area contributed by atoms with Crippen LogP contribution in [-0.4, -0.2) is 35.2 Å². The summed E-state index contributed by atoms with van der Waals surface area (Å²) in [6, 6.07) is 1.05. The smallest absolute Gasteiger partial charge is 0.0586 e. The number of hydrogen-bond acceptors (Lipinski definition) is 2. The first-order valence-electron chi connectivity index (χ1n) is 5.03. The van der Waals surface area contributed by atoms with Crippen molar-refractivity contribution < 1.29 is 5.11 Å². The summed E-state index contributed by atoms with van der Waals surface area (Å²) in [5, 5.41) is 9.13. The quantitative estimate of drug-likeness (QED) is 0.695. The van der Waals surface area contributed by atoms with Gasteiger partial charge in [-0.05, 0) is 32.2 Å². The van der Waals surface area contributed by atoms with Crippen LogP contribution in [0.4, 0.5) is 0 Å². The largest absolute Gasteiger partial charge is 0.395 e. The molecule has 2 nitrogen and oxygen atoms in total. The Balaban J connectivity index is 2.49. The zero-order valence-corrected chi connectivity index (χ0v) is 8.45. The highest BCUT2D eigenvalue weighted by Gasteiger charge is 2.28. The van der Waals surface area contributed by atoms with Gasteiger partial charge >= 0.3 is 0 Å². The molecule has 0 saturated carbocycles. The van der Waals surface area contributed by atoms with Gasteiger partial charge in [-0.15, -0.1) is 0 Å². The van der Waals surface area contributed by atoms with Crippen LogP contribution in [0.2, 0.25) is 0 Å². The molecule has 72 valence electrons. The molecule has 1 aliphatic rings. The number of rotatable bonds is 3. The molecule has 1 aliphatic heterocycles. The van der Waals surface area contributed by atoms with Crippen LogP contribution in [0.25, 0.3) is 0 Å². The predicted molar refractivity (Wildman–Crippen MR) is 51.1 cm³/mol. The van der Waals surface area contributed by atoms with E-state index in [4.69, 9.17) is 5.11 Å². The van der Waals surface area contributed by atoms with Gasteiger partial charge in [0.1, 0.15) is 0 Å². The van der Waals surface area contributed by atoms with E-state index in [1.165, 1.54) is 19.4 Å². The second kappa shape index (κ2) is 4.24. The summed E-state index contributed by atoms with van der Waals surface area (Å²) in [5.41, 5.74) is 0. The van der Waals surface area contributed by atoms with E-state index >= 15 is 0 Å². The van der Waals surface area contributed by atoms with Gasteiger partial charge < -0.3 is 5.11 Å². The summed E-state index contributed by atoms with van der Waals surface area (Å²) in [4.78, 5) is 2.45. The minimum atomic E-state index is 0.330. The molecule has 0 aliphatic carbocycles. The Kier molecular flexibility index (Phi) is 3.53. The van der Waals surface area contributed by atoms with Crippen molar-refractivity contribution in [3.63, 3.8) is 0 Å². The molecule has 0 radical (unpaired) electrons. The molecule has 2 atom stereocenters. The lowest BCUT2D eigenvalue weighted by molar-refractivity contribution is 0.104. The van der Waals surface area contributed by atoms with E-state index < -0.39 is 0 Å². The van der Waals surface area contributed by atoms with Crippen molar-refractivity contribution in [1.82, 2.24) is 4.90 Å². The molecule has 2 heteroatoms. The first-order valence-corrected chi connectivity index (χ1v) is 5.03. The first kappa shape index (κ1) is 10.0. The molecule has 0 spiro atoms. The number of likely N-dealkylation sites (tertiary alicyclic amines) is 1. The molecule has 1 fully saturated rings. The molecule has 0 amide bonds. The lowest BCUT2D eigenvalue weighted by Crippen LogP contribution is -2.41. The van der Waals surface area contributed by atoms with Crippen LogP contribution < -0.4 is 0 Å². The molecular formula is C10H21NO. The monoisotopic (exact) mass is 171 g/mol. The van der Waals surface area contributed by atoms with Gasteiger partial charge in [-0.2, -0.15) is 0 Å². The summed E-state index contributed by atoms with van der Waals surface area (Å²) in [6.45, 7) is 8.26. The Bertz CT molecular complexity index is 136. The predicted octanol–water partition coefficient (Wildman–Crippen LogP) is 1.49. The summed E-state index contributed by atoms with van der Waals surface area (Å²) in [7, 11) is 0. The fraction of sp³-hybridized carbons (Fsp3) is 1.00. The summed E-state index contributed by atoms with van der Waals surface area (Å²) >= 11 is 0. The molecule has 0 bridgehead atoms. The van der Waals surface area contributed by atoms with E-state index in [0.717, 1.165) is 0 Å². The van der Waals surface area contributed by atoms with Gasteiger partial charge in [-0.25, -0.2) is 0 Å². The van der Waals surface area contributed by atoms with Crippen LogP contribution in [0.5, 0.6) is 0 Å². The van der Waals surface area contributed by atoms with E-state index in [1.54, 1.807) is 0 Å². The molecular weight excluding hydrogens is 150 g/mol. The highest BCUT2D eigenvalue weighted by molar-refractivity contribution is 4.83. The van der Waals surface area contributed by atoms with Crippen molar-refractivity contribution in [3.05, 3.63) is 0 Å². The molecule has 1 rings (SSSR count). The van der Waals surface area contributed by atoms with Crippen LogP contribution in [0, 0.1) is 5.92 Å². The maximum Gasteiger partial charge on any atom is 0.0586 e. The van der Waals surface area contributed by atoms with Gasteiger partial charge in [0.25, 0.3) is 0 Å². The van der Waals surface area contributed by atoms with Crippen LogP contribution in [0.15, 0.2) is 0 Å². The standard InChI is InChI=1S/C10H21NO/c1-8(2)9(3)11-6-4-5-10(11)7-12/h8-10,12H,4-7H2,1-3H3/t9?,10-/m1/s1. The molecule has 1 heterocycles. The van der Waals surface area contributed by atoms with Crippen molar-refractivity contribution >= 4 is 0 Å². The number of nitrogens with zero attached hydrogens (tertiary/aromatic N) is 1. The van der Waals surface area contributed by atoms with E-state index in [1.807, 2.05) is 0 Å². The van der Waals surface area contributed by atoms with Crippen LogP contribution >= 0.6 is 0 Å². The highest BCUT2D eigenvalue weighted by atomic mass is 16.3. The Hall–Kier alpha value is -0.0800. The highest BCUT2D eigenvalue weighted by Crippen LogP contribution is 2.22. The molecule has 1 saturated heterocycles. The van der Waals surface area contributed by atoms with Gasteiger partial charge in [0.2, 0.25) is 0 Å². The van der Waals surface area contributed by atoms with Crippen LogP contribution in [0.1, 0.15) is 33.6 Å². The SMILES string of the molecule is CC(C)C(C)N1CCC[C@@H]1CO. The van der Waals surface area contributed by atoms with E-state index in [-0.39, 0.29) is 0 Å². The average molecular weight is 171 g/mol. The van der Waals surface area contributed by atoms with Crippen molar-refractivity contribution in [3.8, 4) is 0 Å². The lowest BCUT2D eigenvalue weighted by atomic mass is 10.0. The zero-order chi connectivity index (χ0) is 9.14. The third kappa shape index (κ3) is 1.99. The summed E-state index contributed by atoms with van der Waals surface area (Å²) in [6.07, 6.45) is 2.43. The molecule has 0 aromatic rings. The fourth-order valence-corrected chi connectivity index (χ4v) is 1.97. The number of aliphatic hydroxyl groups is 1. The third-order valence-electron chi connectivity index (χ3n) is 3.12. The van der Waals surface area contributed by atoms with E-state index in [2.05, 4.69) is 25.7 Å². The topological polar surface area (TPSA) is 23.5 Å². The van der Waals surface area contributed by atoms with Gasteiger partial charge in [0, 0.05) is 12.1 Å². The maximum absolute atomic E-state index is 9.13. The first-order chi connectivity index (χ1) is 5.66. The molecule has 0 aromatic carbocycles. The Labute approximate surface area is 75.6 Å². The number of hydrogen-bond donors (Lipinski definition) is 1. The van der Waals surface area contributed by atoms with Gasteiger partial charge in [0.15, 0.2) is 0 Å². The van der Waals surface area contributed by atoms with Gasteiger partial charge in [-0.3, -0.25) is 4.90 Å². The normalized spacial score (nSPS) is 28.2. The van der Waals surface area contributed by atoms with Gasteiger partial charge in [0.05, 0.1) is 6.61 Å². The van der Waals surface area contributed by atoms with Crippen molar-refractivity contribution in [2.24, 2.45) is 5.92 Å². The Morgan fingerprint density at radius 2 is 2.08 bits per heavy atom. The molecule has 1 N–H and O–H groups in total. The lowest BCUT2D eigenvalue weighted by Gasteiger charge is -2.32. The van der Waals surface area contributed by atoms with E-state index in [9.17, 15) is 0 Å².